The van der Waals surface area contributed by atoms with Crippen molar-refractivity contribution in [2.24, 2.45) is 0 Å². The van der Waals surface area contributed by atoms with Crippen molar-refractivity contribution in [3.05, 3.63) is 10.1 Å². The molecule has 0 aromatic heterocycles. The summed E-state index contributed by atoms with van der Waals surface area (Å²) in [7, 11) is 0. The van der Waals surface area contributed by atoms with Crippen LogP contribution in [0, 0.1) is 10.1 Å². The molecule has 2 N–H and O–H groups in total. The van der Waals surface area contributed by atoms with Gasteiger partial charge in [-0.25, -0.2) is 0 Å². The average Bonchev–Trinajstić information content (AvgIpc) is 2.02. The van der Waals surface area contributed by atoms with Crippen LogP contribution in [0.1, 0.15) is 39.5 Å². The van der Waals surface area contributed by atoms with Gasteiger partial charge in [0, 0.05) is 17.8 Å². The van der Waals surface area contributed by atoms with Gasteiger partial charge in [-0.05, 0) is 26.7 Å². The van der Waals surface area contributed by atoms with Gasteiger partial charge in [-0.1, -0.05) is 0 Å². The Morgan fingerprint density at radius 3 is 1.64 bits per heavy atom. The van der Waals surface area contributed by atoms with Crippen LogP contribution in [0.3, 0.4) is 0 Å². The first-order valence-electron chi connectivity index (χ1n) is 4.93. The molecule has 0 fully saturated rings. The number of hydrogen-bond donors (Lipinski definition) is 2. The lowest BCUT2D eigenvalue weighted by Crippen LogP contribution is -2.22. The lowest BCUT2D eigenvalue weighted by molar-refractivity contribution is -0.525. The molecule has 0 aliphatic rings. The zero-order valence-electron chi connectivity index (χ0n) is 8.72. The van der Waals surface area contributed by atoms with Crippen molar-refractivity contribution in [1.82, 2.24) is 0 Å². The second-order valence-electron chi connectivity index (χ2n) is 3.79. The highest BCUT2D eigenvalue weighted by Crippen LogP contribution is 2.11. The minimum atomic E-state index is -0.640. The van der Waals surface area contributed by atoms with Gasteiger partial charge in [-0.15, -0.1) is 0 Å². The first-order chi connectivity index (χ1) is 6.43. The van der Waals surface area contributed by atoms with Crippen molar-refractivity contribution in [3.8, 4) is 0 Å². The fourth-order valence-electron chi connectivity index (χ4n) is 1.22. The van der Waals surface area contributed by atoms with Crippen LogP contribution in [-0.4, -0.2) is 33.4 Å². The second kappa shape index (κ2) is 6.73. The molecule has 0 saturated carbocycles. The molecule has 0 heterocycles. The Hall–Kier alpha value is -0.680. The van der Waals surface area contributed by atoms with Gasteiger partial charge in [0.2, 0.25) is 6.04 Å². The highest BCUT2D eigenvalue weighted by atomic mass is 16.6. The molecule has 0 amide bonds. The van der Waals surface area contributed by atoms with Crippen molar-refractivity contribution in [1.29, 1.82) is 0 Å². The van der Waals surface area contributed by atoms with Crippen molar-refractivity contribution in [3.63, 3.8) is 0 Å². The largest absolute Gasteiger partial charge is 0.393 e. The van der Waals surface area contributed by atoms with Crippen LogP contribution in [0.4, 0.5) is 0 Å². The van der Waals surface area contributed by atoms with E-state index in [1.807, 2.05) is 0 Å². The number of aliphatic hydroxyl groups excluding tert-OH is 2. The minimum Gasteiger partial charge on any atom is -0.393 e. The summed E-state index contributed by atoms with van der Waals surface area (Å²) >= 11 is 0. The van der Waals surface area contributed by atoms with E-state index in [0.717, 1.165) is 0 Å². The number of rotatable bonds is 7. The quantitative estimate of drug-likeness (QED) is 0.479. The minimum absolute atomic E-state index is 0.329. The normalized spacial score (nSPS) is 15.5. The van der Waals surface area contributed by atoms with Crippen LogP contribution in [0.5, 0.6) is 0 Å². The molecular weight excluding hydrogens is 186 g/mol. The van der Waals surface area contributed by atoms with Crippen molar-refractivity contribution in [2.45, 2.75) is 57.8 Å². The lowest BCUT2D eigenvalue weighted by Gasteiger charge is -2.11. The van der Waals surface area contributed by atoms with Crippen molar-refractivity contribution >= 4 is 0 Å². The summed E-state index contributed by atoms with van der Waals surface area (Å²) < 4.78 is 0. The molecule has 0 radical (unpaired) electrons. The van der Waals surface area contributed by atoms with E-state index in [4.69, 9.17) is 10.2 Å². The Morgan fingerprint density at radius 2 is 1.43 bits per heavy atom. The molecule has 0 bridgehead atoms. The maximum absolute atomic E-state index is 10.6. The van der Waals surface area contributed by atoms with Crippen molar-refractivity contribution in [2.75, 3.05) is 0 Å². The smallest absolute Gasteiger partial charge is 0.213 e. The summed E-state index contributed by atoms with van der Waals surface area (Å²) in [6.45, 7) is 3.23. The molecule has 0 saturated heterocycles. The molecule has 0 aromatic carbocycles. The predicted molar refractivity (Wildman–Crippen MR) is 52.6 cm³/mol. The zero-order chi connectivity index (χ0) is 11.1. The van der Waals surface area contributed by atoms with E-state index in [2.05, 4.69) is 0 Å². The van der Waals surface area contributed by atoms with Crippen LogP contribution in [0.25, 0.3) is 0 Å². The second-order valence-corrected chi connectivity index (χ2v) is 3.79. The molecule has 14 heavy (non-hydrogen) atoms. The maximum Gasteiger partial charge on any atom is 0.213 e. The zero-order valence-corrected chi connectivity index (χ0v) is 8.72. The van der Waals surface area contributed by atoms with Gasteiger partial charge in [-0.2, -0.15) is 0 Å². The highest BCUT2D eigenvalue weighted by molar-refractivity contribution is 4.61. The summed E-state index contributed by atoms with van der Waals surface area (Å²) in [6.07, 6.45) is 0.624. The standard InChI is InChI=1S/C9H19NO4/c1-7(11)3-5-9(10(13)14)6-4-8(2)12/h7-9,11-12H,3-6H2,1-2H3/t7-,8-/m0/s1. The predicted octanol–water partition coefficient (Wildman–Crippen LogP) is 0.954. The van der Waals surface area contributed by atoms with E-state index >= 15 is 0 Å². The fraction of sp³-hybridized carbons (Fsp3) is 1.00. The number of nitrogens with zero attached hydrogens (tertiary/aromatic N) is 1. The van der Waals surface area contributed by atoms with Gasteiger partial charge in [0.1, 0.15) is 0 Å². The van der Waals surface area contributed by atoms with Gasteiger partial charge >= 0.3 is 0 Å². The summed E-state index contributed by atoms with van der Waals surface area (Å²) in [4.78, 5) is 10.2. The Morgan fingerprint density at radius 1 is 1.07 bits per heavy atom. The van der Waals surface area contributed by atoms with Gasteiger partial charge in [0.15, 0.2) is 0 Å². The van der Waals surface area contributed by atoms with Crippen molar-refractivity contribution < 1.29 is 15.1 Å². The third-order valence-electron chi connectivity index (χ3n) is 2.13. The number of aliphatic hydroxyl groups is 2. The monoisotopic (exact) mass is 205 g/mol. The molecule has 0 aliphatic carbocycles. The molecule has 84 valence electrons. The summed E-state index contributed by atoms with van der Waals surface area (Å²) in [6, 6.07) is -0.640. The SMILES string of the molecule is C[C@H](O)CCC(CC[C@H](C)O)[N+](=O)[O-]. The van der Waals surface area contributed by atoms with Crippen LogP contribution in [-0.2, 0) is 0 Å². The van der Waals surface area contributed by atoms with E-state index in [9.17, 15) is 10.1 Å². The van der Waals surface area contributed by atoms with Crippen LogP contribution >= 0.6 is 0 Å². The summed E-state index contributed by atoms with van der Waals surface area (Å²) in [5, 5.41) is 28.5. The fourth-order valence-corrected chi connectivity index (χ4v) is 1.22. The maximum atomic E-state index is 10.6. The van der Waals surface area contributed by atoms with Gasteiger partial charge < -0.3 is 10.2 Å². The van der Waals surface area contributed by atoms with E-state index in [-0.39, 0.29) is 4.92 Å². The third-order valence-corrected chi connectivity index (χ3v) is 2.13. The Bertz CT molecular complexity index is 158. The Kier molecular flexibility index (Phi) is 6.40. The van der Waals surface area contributed by atoms with Crippen LogP contribution in [0.15, 0.2) is 0 Å². The number of hydrogen-bond acceptors (Lipinski definition) is 4. The molecule has 0 aliphatic heterocycles. The molecule has 0 aromatic rings. The van der Waals surface area contributed by atoms with Gasteiger partial charge in [-0.3, -0.25) is 10.1 Å². The van der Waals surface area contributed by atoms with Gasteiger partial charge in [0.05, 0.1) is 12.2 Å². The lowest BCUT2D eigenvalue weighted by atomic mass is 10.0. The van der Waals surface area contributed by atoms with E-state index in [1.165, 1.54) is 0 Å². The molecule has 5 heteroatoms. The highest BCUT2D eigenvalue weighted by Gasteiger charge is 2.20. The van der Waals surface area contributed by atoms with Gasteiger partial charge in [0.25, 0.3) is 0 Å². The van der Waals surface area contributed by atoms with Crippen LogP contribution < -0.4 is 0 Å². The van der Waals surface area contributed by atoms with E-state index < -0.39 is 18.2 Å². The first-order valence-corrected chi connectivity index (χ1v) is 4.93. The third kappa shape index (κ3) is 6.80. The Labute approximate surface area is 83.9 Å². The molecule has 0 unspecified atom stereocenters. The average molecular weight is 205 g/mol. The molecule has 0 rings (SSSR count). The first kappa shape index (κ1) is 13.3. The number of nitro groups is 1. The van der Waals surface area contributed by atoms with E-state index in [0.29, 0.717) is 25.7 Å². The molecular formula is C9H19NO4. The molecule has 0 spiro atoms. The van der Waals surface area contributed by atoms with Crippen LogP contribution in [0.2, 0.25) is 0 Å². The summed E-state index contributed by atoms with van der Waals surface area (Å²) in [5.74, 6) is 0. The van der Waals surface area contributed by atoms with E-state index in [1.54, 1.807) is 13.8 Å². The molecule has 5 nitrogen and oxygen atoms in total. The molecule has 2 atom stereocenters. The topological polar surface area (TPSA) is 83.6 Å². The Balaban J connectivity index is 3.84. The summed E-state index contributed by atoms with van der Waals surface area (Å²) in [5.41, 5.74) is 0.